The first kappa shape index (κ1) is 10.9. The van der Waals surface area contributed by atoms with E-state index in [4.69, 9.17) is 0 Å². The van der Waals surface area contributed by atoms with E-state index in [0.29, 0.717) is 5.56 Å². The van der Waals surface area contributed by atoms with Crippen molar-refractivity contribution in [1.82, 2.24) is 0 Å². The number of nitrogens with zero attached hydrogens (tertiary/aromatic N) is 1. The van der Waals surface area contributed by atoms with Gasteiger partial charge in [0.1, 0.15) is 0 Å². The minimum absolute atomic E-state index is 0.0324. The number of nitro benzene ring substituents is 1. The molecule has 0 unspecified atom stereocenters. The number of hydrogen-bond donors (Lipinski definition) is 0. The van der Waals surface area contributed by atoms with Gasteiger partial charge in [0.2, 0.25) is 0 Å². The first-order chi connectivity index (χ1) is 7.39. The number of benzene rings is 1. The van der Waals surface area contributed by atoms with Gasteiger partial charge in [0.15, 0.2) is 0 Å². The summed E-state index contributed by atoms with van der Waals surface area (Å²) in [5.74, 6) is -1.95. The van der Waals surface area contributed by atoms with Gasteiger partial charge in [-0.3, -0.25) is 10.1 Å². The van der Waals surface area contributed by atoms with Gasteiger partial charge in [-0.05, 0) is 17.9 Å². The third-order valence-electron chi connectivity index (χ3n) is 2.72. The van der Waals surface area contributed by atoms with Gasteiger partial charge in [-0.15, -0.1) is 0 Å². The van der Waals surface area contributed by atoms with Gasteiger partial charge in [-0.1, -0.05) is 12.1 Å². The molecule has 0 aromatic heterocycles. The predicted octanol–water partition coefficient (Wildman–Crippen LogP) is 3.26. The van der Waals surface area contributed by atoms with E-state index in [-0.39, 0.29) is 12.1 Å². The van der Waals surface area contributed by atoms with E-state index in [9.17, 15) is 23.3 Å². The topological polar surface area (TPSA) is 43.1 Å². The van der Waals surface area contributed by atoms with Crippen LogP contribution in [0.1, 0.15) is 17.9 Å². The largest absolute Gasteiger partial charge is 0.392 e. The van der Waals surface area contributed by atoms with E-state index in [1.807, 2.05) is 0 Å². The van der Waals surface area contributed by atoms with Crippen LogP contribution in [-0.4, -0.2) is 11.1 Å². The maximum Gasteiger partial charge on any atom is 0.392 e. The Balaban J connectivity index is 2.18. The van der Waals surface area contributed by atoms with Crippen molar-refractivity contribution in [3.8, 4) is 0 Å². The lowest BCUT2D eigenvalue weighted by atomic mass is 10.1. The Kier molecular flexibility index (Phi) is 2.36. The van der Waals surface area contributed by atoms with Crippen molar-refractivity contribution in [3.63, 3.8) is 0 Å². The predicted molar refractivity (Wildman–Crippen MR) is 50.0 cm³/mol. The molecule has 16 heavy (non-hydrogen) atoms. The van der Waals surface area contributed by atoms with Crippen LogP contribution in [0.15, 0.2) is 24.3 Å². The van der Waals surface area contributed by atoms with Crippen LogP contribution in [0.3, 0.4) is 0 Å². The van der Waals surface area contributed by atoms with Crippen molar-refractivity contribution in [2.24, 2.45) is 5.92 Å². The molecular formula is C10H8F3NO2. The summed E-state index contributed by atoms with van der Waals surface area (Å²) in [4.78, 5) is 9.86. The maximum absolute atomic E-state index is 12.3. The molecule has 1 aliphatic carbocycles. The van der Waals surface area contributed by atoms with Crippen LogP contribution >= 0.6 is 0 Å². The summed E-state index contributed by atoms with van der Waals surface area (Å²) in [5.41, 5.74) is 0.238. The molecule has 2 rings (SSSR count). The molecule has 0 amide bonds. The van der Waals surface area contributed by atoms with Crippen LogP contribution in [-0.2, 0) is 0 Å². The Morgan fingerprint density at radius 2 is 2.06 bits per heavy atom. The highest BCUT2D eigenvalue weighted by Crippen LogP contribution is 2.56. The zero-order chi connectivity index (χ0) is 11.9. The highest BCUT2D eigenvalue weighted by molar-refractivity contribution is 5.38. The van der Waals surface area contributed by atoms with E-state index >= 15 is 0 Å². The van der Waals surface area contributed by atoms with E-state index in [0.717, 1.165) is 0 Å². The fraction of sp³-hybridized carbons (Fsp3) is 0.400. The number of hydrogen-bond acceptors (Lipinski definition) is 2. The number of rotatable bonds is 2. The normalized spacial score (nSPS) is 24.2. The molecule has 1 aromatic carbocycles. The molecule has 1 saturated carbocycles. The second-order valence-corrected chi connectivity index (χ2v) is 3.84. The molecule has 0 saturated heterocycles. The molecule has 1 fully saturated rings. The van der Waals surface area contributed by atoms with E-state index in [1.165, 1.54) is 24.3 Å². The first-order valence-corrected chi connectivity index (χ1v) is 4.70. The van der Waals surface area contributed by atoms with Crippen LogP contribution in [0, 0.1) is 16.0 Å². The summed E-state index contributed by atoms with van der Waals surface area (Å²) in [6.07, 6.45) is -4.17. The van der Waals surface area contributed by atoms with Crippen molar-refractivity contribution < 1.29 is 18.1 Å². The lowest BCUT2D eigenvalue weighted by molar-refractivity contribution is -0.384. The van der Waals surface area contributed by atoms with Crippen LogP contribution < -0.4 is 0 Å². The molecular weight excluding hydrogens is 223 g/mol. The number of alkyl halides is 3. The molecule has 1 aromatic rings. The lowest BCUT2D eigenvalue weighted by Gasteiger charge is -2.04. The Hall–Kier alpha value is -1.59. The average Bonchev–Trinajstić information content (AvgIpc) is 2.96. The molecule has 0 N–H and O–H groups in total. The van der Waals surface area contributed by atoms with Gasteiger partial charge in [0.05, 0.1) is 10.8 Å². The lowest BCUT2D eigenvalue weighted by Crippen LogP contribution is -2.11. The maximum atomic E-state index is 12.3. The minimum atomic E-state index is -4.20. The van der Waals surface area contributed by atoms with E-state index in [1.54, 1.807) is 0 Å². The van der Waals surface area contributed by atoms with Crippen LogP contribution in [0.4, 0.5) is 18.9 Å². The van der Waals surface area contributed by atoms with Gasteiger partial charge in [-0.2, -0.15) is 13.2 Å². The first-order valence-electron chi connectivity index (χ1n) is 4.70. The Bertz CT molecular complexity index is 430. The molecule has 0 heterocycles. The van der Waals surface area contributed by atoms with Gasteiger partial charge in [0, 0.05) is 12.1 Å². The van der Waals surface area contributed by atoms with Gasteiger partial charge in [0.25, 0.3) is 5.69 Å². The summed E-state index contributed by atoms with van der Waals surface area (Å²) in [5, 5.41) is 10.5. The van der Waals surface area contributed by atoms with Crippen LogP contribution in [0.25, 0.3) is 0 Å². The molecule has 2 atom stereocenters. The zero-order valence-corrected chi connectivity index (χ0v) is 8.07. The third kappa shape index (κ3) is 2.00. The molecule has 0 radical (unpaired) electrons. The minimum Gasteiger partial charge on any atom is -0.258 e. The van der Waals surface area contributed by atoms with Gasteiger partial charge >= 0.3 is 6.18 Å². The average molecular weight is 231 g/mol. The second-order valence-electron chi connectivity index (χ2n) is 3.84. The Morgan fingerprint density at radius 3 is 2.56 bits per heavy atom. The van der Waals surface area contributed by atoms with E-state index < -0.39 is 22.9 Å². The quantitative estimate of drug-likeness (QED) is 0.579. The van der Waals surface area contributed by atoms with Gasteiger partial charge in [-0.25, -0.2) is 0 Å². The highest BCUT2D eigenvalue weighted by atomic mass is 19.4. The van der Waals surface area contributed by atoms with Crippen molar-refractivity contribution in [2.75, 3.05) is 0 Å². The molecule has 0 spiro atoms. The summed E-state index contributed by atoms with van der Waals surface area (Å²) in [6, 6.07) is 5.41. The Labute approximate surface area is 89.0 Å². The highest BCUT2D eigenvalue weighted by Gasteiger charge is 2.56. The number of nitro groups is 1. The van der Waals surface area contributed by atoms with Crippen molar-refractivity contribution >= 4 is 5.69 Å². The van der Waals surface area contributed by atoms with Crippen LogP contribution in [0.2, 0.25) is 0 Å². The van der Waals surface area contributed by atoms with Crippen LogP contribution in [0.5, 0.6) is 0 Å². The molecule has 1 aliphatic rings. The fourth-order valence-corrected chi connectivity index (χ4v) is 1.79. The summed E-state index contributed by atoms with van der Waals surface area (Å²) >= 11 is 0. The Morgan fingerprint density at radius 1 is 1.38 bits per heavy atom. The van der Waals surface area contributed by atoms with Crippen molar-refractivity contribution in [3.05, 3.63) is 39.9 Å². The molecule has 3 nitrogen and oxygen atoms in total. The zero-order valence-electron chi connectivity index (χ0n) is 8.07. The number of non-ortho nitro benzene ring substituents is 1. The summed E-state index contributed by atoms with van der Waals surface area (Å²) < 4.78 is 36.9. The standard InChI is InChI=1S/C10H8F3NO2/c11-10(12,13)9-5-8(9)6-2-1-3-7(4-6)14(15)16/h1-4,8-9H,5H2/t8-,9-/m0/s1. The molecule has 0 aliphatic heterocycles. The monoisotopic (exact) mass is 231 g/mol. The summed E-state index contributed by atoms with van der Waals surface area (Å²) in [7, 11) is 0. The second kappa shape index (κ2) is 3.47. The van der Waals surface area contributed by atoms with Crippen molar-refractivity contribution in [2.45, 2.75) is 18.5 Å². The molecule has 6 heteroatoms. The fourth-order valence-electron chi connectivity index (χ4n) is 1.79. The number of halogens is 3. The SMILES string of the molecule is O=[N+]([O-])c1cccc([C@@H]2C[C@@H]2C(F)(F)F)c1. The third-order valence-corrected chi connectivity index (χ3v) is 2.72. The van der Waals surface area contributed by atoms with Gasteiger partial charge < -0.3 is 0 Å². The smallest absolute Gasteiger partial charge is 0.258 e. The molecule has 0 bridgehead atoms. The van der Waals surface area contributed by atoms with E-state index in [2.05, 4.69) is 0 Å². The summed E-state index contributed by atoms with van der Waals surface area (Å²) in [6.45, 7) is 0. The van der Waals surface area contributed by atoms with Crippen molar-refractivity contribution in [1.29, 1.82) is 0 Å². The molecule has 86 valence electrons.